The van der Waals surface area contributed by atoms with Crippen molar-refractivity contribution in [3.63, 3.8) is 0 Å². The van der Waals surface area contributed by atoms with Crippen molar-refractivity contribution >= 4 is 10.8 Å². The summed E-state index contributed by atoms with van der Waals surface area (Å²) in [6, 6.07) is 15.3. The van der Waals surface area contributed by atoms with Crippen molar-refractivity contribution in [3.8, 4) is 11.8 Å². The molecule has 0 fully saturated rings. The summed E-state index contributed by atoms with van der Waals surface area (Å²) >= 11 is 0. The van der Waals surface area contributed by atoms with E-state index in [9.17, 15) is 0 Å². The molecule has 0 aliphatic heterocycles. The lowest BCUT2D eigenvalue weighted by Gasteiger charge is -2.10. The number of aryl methyl sites for hydroxylation is 1. The number of allylic oxidation sites excluding steroid dienone is 2. The van der Waals surface area contributed by atoms with E-state index in [1.54, 1.807) is 0 Å². The van der Waals surface area contributed by atoms with E-state index >= 15 is 0 Å². The summed E-state index contributed by atoms with van der Waals surface area (Å²) in [6.07, 6.45) is 9.04. The Balaban J connectivity index is 1.79. The summed E-state index contributed by atoms with van der Waals surface area (Å²) in [7, 11) is 0. The van der Waals surface area contributed by atoms with Crippen LogP contribution in [0.15, 0.2) is 54.6 Å². The van der Waals surface area contributed by atoms with Crippen LogP contribution in [-0.2, 0) is 6.42 Å². The van der Waals surface area contributed by atoms with Crippen molar-refractivity contribution in [2.45, 2.75) is 53.4 Å². The molecule has 2 aromatic rings. The van der Waals surface area contributed by atoms with E-state index in [-0.39, 0.29) is 5.41 Å². The number of benzene rings is 2. The number of hydrogen-bond acceptors (Lipinski definition) is 0. The zero-order chi connectivity index (χ0) is 17.4. The third-order valence-corrected chi connectivity index (χ3v) is 4.21. The lowest BCUT2D eigenvalue weighted by Crippen LogP contribution is -1.98. The molecule has 0 saturated heterocycles. The highest BCUT2D eigenvalue weighted by Gasteiger charge is 2.04. The van der Waals surface area contributed by atoms with Crippen LogP contribution in [0.2, 0.25) is 0 Å². The van der Waals surface area contributed by atoms with Crippen molar-refractivity contribution in [3.05, 3.63) is 60.2 Å². The molecule has 0 spiro atoms. The number of fused-ring (bicyclic) bond motifs is 1. The molecule has 2 rings (SSSR count). The standard InChI is InChI=1S/C24H30/c1-20(12-6-5-9-19-24(2,3)4)13-10-15-22-17-11-16-21-14-7-8-18-23(21)22/h5-8,11,14,16-18,20H,10,12-13,15H2,1-4H3/b6-5+. The second-order valence-electron chi connectivity index (χ2n) is 7.79. The van der Waals surface area contributed by atoms with Gasteiger partial charge in [0.15, 0.2) is 0 Å². The zero-order valence-electron chi connectivity index (χ0n) is 15.6. The van der Waals surface area contributed by atoms with E-state index in [4.69, 9.17) is 0 Å². The van der Waals surface area contributed by atoms with Crippen molar-refractivity contribution in [1.82, 2.24) is 0 Å². The molecule has 0 bridgehead atoms. The maximum absolute atomic E-state index is 3.24. The first kappa shape index (κ1) is 18.3. The van der Waals surface area contributed by atoms with Gasteiger partial charge in [0.05, 0.1) is 0 Å². The largest absolute Gasteiger partial charge is 0.0926 e. The van der Waals surface area contributed by atoms with E-state index in [1.807, 2.05) is 6.08 Å². The molecule has 0 amide bonds. The van der Waals surface area contributed by atoms with Gasteiger partial charge in [-0.25, -0.2) is 0 Å². The first-order chi connectivity index (χ1) is 11.5. The topological polar surface area (TPSA) is 0 Å². The van der Waals surface area contributed by atoms with Gasteiger partial charge in [0, 0.05) is 5.41 Å². The Morgan fingerprint density at radius 2 is 1.79 bits per heavy atom. The molecule has 0 heteroatoms. The minimum atomic E-state index is 0.0917. The monoisotopic (exact) mass is 318 g/mol. The van der Waals surface area contributed by atoms with Gasteiger partial charge in [-0.3, -0.25) is 0 Å². The van der Waals surface area contributed by atoms with Crippen molar-refractivity contribution < 1.29 is 0 Å². The minimum Gasteiger partial charge on any atom is -0.0926 e. The third-order valence-electron chi connectivity index (χ3n) is 4.21. The number of hydrogen-bond donors (Lipinski definition) is 0. The molecule has 0 aromatic heterocycles. The fourth-order valence-electron chi connectivity index (χ4n) is 2.89. The lowest BCUT2D eigenvalue weighted by molar-refractivity contribution is 0.517. The highest BCUT2D eigenvalue weighted by atomic mass is 14.1. The Kier molecular flexibility index (Phi) is 6.68. The fourth-order valence-corrected chi connectivity index (χ4v) is 2.89. The Labute approximate surface area is 148 Å². The molecule has 1 unspecified atom stereocenters. The molecule has 2 aromatic carbocycles. The van der Waals surface area contributed by atoms with Gasteiger partial charge in [0.1, 0.15) is 0 Å². The fraction of sp³-hybridized carbons (Fsp3) is 0.417. The van der Waals surface area contributed by atoms with Crippen molar-refractivity contribution in [2.75, 3.05) is 0 Å². The summed E-state index contributed by atoms with van der Waals surface area (Å²) in [5.74, 6) is 7.11. The molecular formula is C24H30. The normalized spacial score (nSPS) is 13.0. The molecule has 0 radical (unpaired) electrons. The number of rotatable bonds is 6. The summed E-state index contributed by atoms with van der Waals surface area (Å²) < 4.78 is 0. The van der Waals surface area contributed by atoms with E-state index in [1.165, 1.54) is 35.6 Å². The molecule has 0 aliphatic rings. The smallest absolute Gasteiger partial charge is 0.0233 e. The second kappa shape index (κ2) is 8.74. The van der Waals surface area contributed by atoms with Crippen molar-refractivity contribution in [1.29, 1.82) is 0 Å². The third kappa shape index (κ3) is 6.25. The Hall–Kier alpha value is -2.00. The summed E-state index contributed by atoms with van der Waals surface area (Å²) in [4.78, 5) is 0. The first-order valence-electron chi connectivity index (χ1n) is 9.10. The zero-order valence-corrected chi connectivity index (χ0v) is 15.6. The lowest BCUT2D eigenvalue weighted by atomic mass is 9.95. The summed E-state index contributed by atoms with van der Waals surface area (Å²) in [5.41, 5.74) is 1.57. The van der Waals surface area contributed by atoms with Crippen LogP contribution in [0.25, 0.3) is 10.8 Å². The average molecular weight is 319 g/mol. The van der Waals surface area contributed by atoms with Gasteiger partial charge in [-0.15, -0.1) is 0 Å². The van der Waals surface area contributed by atoms with Gasteiger partial charge in [0.2, 0.25) is 0 Å². The Morgan fingerprint density at radius 3 is 2.58 bits per heavy atom. The van der Waals surface area contributed by atoms with Crippen LogP contribution >= 0.6 is 0 Å². The summed E-state index contributed by atoms with van der Waals surface area (Å²) in [5, 5.41) is 2.76. The first-order valence-corrected chi connectivity index (χ1v) is 9.10. The molecule has 0 aliphatic carbocycles. The minimum absolute atomic E-state index is 0.0917. The van der Waals surface area contributed by atoms with Crippen LogP contribution < -0.4 is 0 Å². The maximum atomic E-state index is 3.24. The average Bonchev–Trinajstić information content (AvgIpc) is 2.54. The molecular weight excluding hydrogens is 288 g/mol. The highest BCUT2D eigenvalue weighted by molar-refractivity contribution is 5.85. The molecule has 126 valence electrons. The molecule has 0 N–H and O–H groups in total. The van der Waals surface area contributed by atoms with Gasteiger partial charge in [-0.1, -0.05) is 73.7 Å². The molecule has 0 saturated carbocycles. The quantitative estimate of drug-likeness (QED) is 0.514. The van der Waals surface area contributed by atoms with Crippen LogP contribution in [0.4, 0.5) is 0 Å². The Bertz CT molecular complexity index is 726. The van der Waals surface area contributed by atoms with Gasteiger partial charge in [-0.05, 0) is 68.4 Å². The van der Waals surface area contributed by atoms with Gasteiger partial charge < -0.3 is 0 Å². The van der Waals surface area contributed by atoms with E-state index in [2.05, 4.69) is 88.1 Å². The van der Waals surface area contributed by atoms with Crippen LogP contribution in [0.3, 0.4) is 0 Å². The predicted molar refractivity (Wildman–Crippen MR) is 107 cm³/mol. The predicted octanol–water partition coefficient (Wildman–Crippen LogP) is 6.79. The molecule has 0 heterocycles. The SMILES string of the molecule is CC(C/C=C/C#CC(C)(C)C)CCCc1cccc2ccccc12. The van der Waals surface area contributed by atoms with E-state index in [0.717, 1.165) is 6.42 Å². The van der Waals surface area contributed by atoms with Crippen molar-refractivity contribution in [2.24, 2.45) is 11.3 Å². The highest BCUT2D eigenvalue weighted by Crippen LogP contribution is 2.21. The molecule has 1 atom stereocenters. The van der Waals surface area contributed by atoms with E-state index in [0.29, 0.717) is 5.92 Å². The molecule has 24 heavy (non-hydrogen) atoms. The van der Waals surface area contributed by atoms with Crippen LogP contribution in [0, 0.1) is 23.2 Å². The van der Waals surface area contributed by atoms with E-state index < -0.39 is 0 Å². The molecule has 0 nitrogen and oxygen atoms in total. The van der Waals surface area contributed by atoms with Gasteiger partial charge >= 0.3 is 0 Å². The van der Waals surface area contributed by atoms with Gasteiger partial charge in [0.25, 0.3) is 0 Å². The van der Waals surface area contributed by atoms with Gasteiger partial charge in [-0.2, -0.15) is 0 Å². The maximum Gasteiger partial charge on any atom is 0.0233 e. The van der Waals surface area contributed by atoms with Crippen LogP contribution in [0.1, 0.15) is 52.5 Å². The van der Waals surface area contributed by atoms with Crippen LogP contribution in [-0.4, -0.2) is 0 Å². The second-order valence-corrected chi connectivity index (χ2v) is 7.79. The Morgan fingerprint density at radius 1 is 1.04 bits per heavy atom. The van der Waals surface area contributed by atoms with Crippen LogP contribution in [0.5, 0.6) is 0 Å². The summed E-state index contributed by atoms with van der Waals surface area (Å²) in [6.45, 7) is 8.77.